The zero-order chi connectivity index (χ0) is 23.4. The maximum absolute atomic E-state index is 12.0. The van der Waals surface area contributed by atoms with Crippen LogP contribution in [-0.4, -0.2) is 15.8 Å². The molecule has 0 saturated carbocycles. The molecule has 0 aliphatic carbocycles. The normalized spacial score (nSPS) is 12.6. The highest BCUT2D eigenvalue weighted by Gasteiger charge is 2.41. The molecule has 5 nitrogen and oxygen atoms in total. The number of ketones is 1. The SMILES string of the molecule is CC(=O)c1cc(C(CCCCCC(C)C)(CCCCCC(C)C)O[P+](=O)O)ccc1O. The number of benzene rings is 1. The third kappa shape index (κ3) is 10.2. The first-order chi connectivity index (χ1) is 14.6. The van der Waals surface area contributed by atoms with Gasteiger partial charge in [-0.05, 0) is 49.3 Å². The molecule has 0 aliphatic rings. The summed E-state index contributed by atoms with van der Waals surface area (Å²) < 4.78 is 17.6. The molecule has 1 aromatic carbocycles. The molecule has 1 unspecified atom stereocenters. The Morgan fingerprint density at radius 2 is 1.48 bits per heavy atom. The van der Waals surface area contributed by atoms with Crippen molar-refractivity contribution in [2.45, 2.75) is 104 Å². The van der Waals surface area contributed by atoms with E-state index in [1.54, 1.807) is 12.1 Å². The van der Waals surface area contributed by atoms with Crippen molar-refractivity contribution in [3.8, 4) is 5.75 Å². The highest BCUT2D eigenvalue weighted by atomic mass is 31.1. The minimum atomic E-state index is -2.81. The third-order valence-electron chi connectivity index (χ3n) is 5.88. The molecule has 0 saturated heterocycles. The Hall–Kier alpha value is -1.29. The van der Waals surface area contributed by atoms with Gasteiger partial charge in [-0.3, -0.25) is 4.79 Å². The van der Waals surface area contributed by atoms with Crippen LogP contribution in [0.3, 0.4) is 0 Å². The molecule has 0 radical (unpaired) electrons. The van der Waals surface area contributed by atoms with Crippen LogP contribution in [0.2, 0.25) is 0 Å². The van der Waals surface area contributed by atoms with Crippen LogP contribution in [0.15, 0.2) is 18.2 Å². The van der Waals surface area contributed by atoms with Gasteiger partial charge in [-0.15, -0.1) is 9.42 Å². The van der Waals surface area contributed by atoms with E-state index in [1.165, 1.54) is 13.0 Å². The molecule has 0 heterocycles. The predicted molar refractivity (Wildman–Crippen MR) is 127 cm³/mol. The molecule has 0 spiro atoms. The van der Waals surface area contributed by atoms with E-state index < -0.39 is 13.9 Å². The fourth-order valence-electron chi connectivity index (χ4n) is 4.09. The summed E-state index contributed by atoms with van der Waals surface area (Å²) in [5.41, 5.74) is -0.0191. The minimum absolute atomic E-state index is 0.0765. The van der Waals surface area contributed by atoms with Crippen molar-refractivity contribution in [3.63, 3.8) is 0 Å². The van der Waals surface area contributed by atoms with Gasteiger partial charge in [0.15, 0.2) is 11.4 Å². The molecule has 0 aliphatic heterocycles. The second kappa shape index (κ2) is 14.0. The molecule has 2 N–H and O–H groups in total. The first-order valence-electron chi connectivity index (χ1n) is 11.8. The Kier molecular flexibility index (Phi) is 12.5. The van der Waals surface area contributed by atoms with Crippen LogP contribution in [0.1, 0.15) is 115 Å². The smallest absolute Gasteiger partial charge is 0.507 e. The number of Topliss-reactive ketones (excluding diaryl/α,β-unsaturated/α-hetero) is 1. The van der Waals surface area contributed by atoms with E-state index in [1.807, 2.05) is 0 Å². The third-order valence-corrected chi connectivity index (χ3v) is 6.38. The maximum atomic E-state index is 12.0. The molecule has 176 valence electrons. The monoisotopic (exact) mass is 453 g/mol. The highest BCUT2D eigenvalue weighted by Crippen LogP contribution is 2.44. The van der Waals surface area contributed by atoms with Crippen LogP contribution in [0.4, 0.5) is 0 Å². The van der Waals surface area contributed by atoms with Crippen LogP contribution in [0.5, 0.6) is 5.75 Å². The number of hydrogen-bond donors (Lipinski definition) is 2. The minimum Gasteiger partial charge on any atom is -0.507 e. The molecule has 31 heavy (non-hydrogen) atoms. The number of hydrogen-bond acceptors (Lipinski definition) is 4. The Morgan fingerprint density at radius 3 is 1.90 bits per heavy atom. The average molecular weight is 454 g/mol. The Bertz CT molecular complexity index is 681. The summed E-state index contributed by atoms with van der Waals surface area (Å²) in [4.78, 5) is 21.7. The molecule has 0 aromatic heterocycles. The van der Waals surface area contributed by atoms with E-state index in [4.69, 9.17) is 4.52 Å². The van der Waals surface area contributed by atoms with Crippen LogP contribution >= 0.6 is 8.25 Å². The molecular formula is C25H42O5P+. The maximum Gasteiger partial charge on any atom is 0.695 e. The van der Waals surface area contributed by atoms with Gasteiger partial charge in [0, 0.05) is 4.57 Å². The lowest BCUT2D eigenvalue weighted by Gasteiger charge is -2.29. The van der Waals surface area contributed by atoms with Gasteiger partial charge < -0.3 is 5.11 Å². The summed E-state index contributed by atoms with van der Waals surface area (Å²) >= 11 is 0. The van der Waals surface area contributed by atoms with Crippen LogP contribution in [0.25, 0.3) is 0 Å². The molecule has 1 aromatic rings. The van der Waals surface area contributed by atoms with Crippen molar-refractivity contribution in [1.29, 1.82) is 0 Å². The van der Waals surface area contributed by atoms with Crippen molar-refractivity contribution in [1.82, 2.24) is 0 Å². The van der Waals surface area contributed by atoms with E-state index in [-0.39, 0.29) is 17.1 Å². The number of phenols is 1. The average Bonchev–Trinajstić information content (AvgIpc) is 2.66. The van der Waals surface area contributed by atoms with E-state index in [0.717, 1.165) is 51.4 Å². The lowest BCUT2D eigenvalue weighted by atomic mass is 9.82. The zero-order valence-electron chi connectivity index (χ0n) is 20.0. The first kappa shape index (κ1) is 27.7. The second-order valence-electron chi connectivity index (χ2n) is 9.60. The quantitative estimate of drug-likeness (QED) is 0.152. The molecule has 6 heteroatoms. The van der Waals surface area contributed by atoms with Crippen molar-refractivity contribution in [3.05, 3.63) is 29.3 Å². The molecule has 0 bridgehead atoms. The highest BCUT2D eigenvalue weighted by molar-refractivity contribution is 7.32. The summed E-state index contributed by atoms with van der Waals surface area (Å²) in [6.45, 7) is 10.2. The van der Waals surface area contributed by atoms with E-state index in [0.29, 0.717) is 30.2 Å². The van der Waals surface area contributed by atoms with Gasteiger partial charge in [-0.2, -0.15) is 0 Å². The van der Waals surface area contributed by atoms with Gasteiger partial charge in [0.05, 0.1) is 5.56 Å². The summed E-state index contributed by atoms with van der Waals surface area (Å²) in [5, 5.41) is 10.1. The topological polar surface area (TPSA) is 83.8 Å². The second-order valence-corrected chi connectivity index (χ2v) is 10.3. The summed E-state index contributed by atoms with van der Waals surface area (Å²) in [6.07, 6.45) is 9.56. The Balaban J connectivity index is 3.11. The number of phenolic OH excluding ortho intramolecular Hbond substituents is 1. The number of unbranched alkanes of at least 4 members (excludes halogenated alkanes) is 4. The number of carbonyl (C=O) groups is 1. The fourth-order valence-corrected chi connectivity index (χ4v) is 4.68. The molecule has 0 fully saturated rings. The number of aromatic hydroxyl groups is 1. The van der Waals surface area contributed by atoms with E-state index in [9.17, 15) is 19.4 Å². The molecule has 0 amide bonds. The predicted octanol–water partition coefficient (Wildman–Crippen LogP) is 7.67. The molecule has 1 rings (SSSR count). The molecular weight excluding hydrogens is 411 g/mol. The van der Waals surface area contributed by atoms with E-state index >= 15 is 0 Å². The molecule has 1 atom stereocenters. The van der Waals surface area contributed by atoms with Gasteiger partial charge in [-0.1, -0.05) is 85.1 Å². The zero-order valence-corrected chi connectivity index (χ0v) is 20.9. The largest absolute Gasteiger partial charge is 0.695 e. The van der Waals surface area contributed by atoms with Crippen LogP contribution < -0.4 is 0 Å². The van der Waals surface area contributed by atoms with Gasteiger partial charge in [-0.25, -0.2) is 0 Å². The van der Waals surface area contributed by atoms with Gasteiger partial charge >= 0.3 is 8.25 Å². The number of rotatable bonds is 16. The van der Waals surface area contributed by atoms with Crippen LogP contribution in [-0.2, 0) is 14.7 Å². The Labute approximate surface area is 189 Å². The summed E-state index contributed by atoms with van der Waals surface area (Å²) in [6, 6.07) is 4.85. The van der Waals surface area contributed by atoms with E-state index in [2.05, 4.69) is 27.7 Å². The van der Waals surface area contributed by atoms with Gasteiger partial charge in [0.25, 0.3) is 0 Å². The van der Waals surface area contributed by atoms with Gasteiger partial charge in [0.1, 0.15) is 5.75 Å². The lowest BCUT2D eigenvalue weighted by molar-refractivity contribution is 0.0379. The lowest BCUT2D eigenvalue weighted by Crippen LogP contribution is -2.28. The van der Waals surface area contributed by atoms with Crippen LogP contribution in [0, 0.1) is 11.8 Å². The first-order valence-corrected chi connectivity index (χ1v) is 12.9. The summed E-state index contributed by atoms with van der Waals surface area (Å²) in [5.74, 6) is 0.996. The van der Waals surface area contributed by atoms with Crippen molar-refractivity contribution in [2.75, 3.05) is 0 Å². The standard InChI is InChI=1S/C25H41O5P/c1-19(2)12-8-6-10-16-25(30-31(28)29,17-11-7-9-13-20(3)4)22-14-15-24(27)23(18-22)21(5)26/h14-15,18-20H,6-13,16-17H2,1-5H3,(H-,26,27,28,29)/p+1. The Morgan fingerprint density at radius 1 is 0.968 bits per heavy atom. The fraction of sp³-hybridized carbons (Fsp3) is 0.720. The van der Waals surface area contributed by atoms with Gasteiger partial charge in [0.2, 0.25) is 0 Å². The van der Waals surface area contributed by atoms with Crippen molar-refractivity contribution < 1.29 is 23.9 Å². The summed E-state index contributed by atoms with van der Waals surface area (Å²) in [7, 11) is -2.81. The number of carbonyl (C=O) groups excluding carboxylic acids is 1. The van der Waals surface area contributed by atoms with Crippen molar-refractivity contribution >= 4 is 14.0 Å². The van der Waals surface area contributed by atoms with Crippen molar-refractivity contribution in [2.24, 2.45) is 11.8 Å².